The summed E-state index contributed by atoms with van der Waals surface area (Å²) in [7, 11) is 0. The minimum absolute atomic E-state index is 0.0636. The van der Waals surface area contributed by atoms with Crippen molar-refractivity contribution in [1.29, 1.82) is 0 Å². The average molecular weight is 381 g/mol. The van der Waals surface area contributed by atoms with Crippen molar-refractivity contribution in [2.45, 2.75) is 25.6 Å². The number of nitrogens with zero attached hydrogens (tertiary/aromatic N) is 2. The number of carbonyl (C=O) groups is 2. The van der Waals surface area contributed by atoms with Gasteiger partial charge in [0.05, 0.1) is 23.3 Å². The number of nitrogens with one attached hydrogen (secondary N) is 1. The van der Waals surface area contributed by atoms with Crippen LogP contribution in [-0.4, -0.2) is 34.0 Å². The van der Waals surface area contributed by atoms with Crippen LogP contribution in [0.2, 0.25) is 0 Å². The molecule has 2 heterocycles. The Morgan fingerprint density at radius 2 is 2.23 bits per heavy atom. The molecule has 3 rings (SSSR count). The number of aromatic nitrogens is 2. The molecule has 138 valence electrons. The van der Waals surface area contributed by atoms with E-state index in [1.54, 1.807) is 13.8 Å². The molecule has 0 fully saturated rings. The summed E-state index contributed by atoms with van der Waals surface area (Å²) in [5, 5.41) is 6.37. The van der Waals surface area contributed by atoms with Crippen LogP contribution < -0.4 is 5.32 Å². The summed E-state index contributed by atoms with van der Waals surface area (Å²) in [5.74, 6) is -2.35. The number of amides is 1. The first-order valence-corrected chi connectivity index (χ1v) is 9.05. The number of hydrogen-bond donors (Lipinski definition) is 1. The van der Waals surface area contributed by atoms with Gasteiger partial charge in [0, 0.05) is 11.1 Å². The third kappa shape index (κ3) is 3.44. The molecule has 1 atom stereocenters. The molecule has 0 radical (unpaired) electrons. The molecule has 1 aliphatic rings. The van der Waals surface area contributed by atoms with Crippen molar-refractivity contribution in [2.75, 3.05) is 17.7 Å². The first kappa shape index (κ1) is 18.4. The Balaban J connectivity index is 2.09. The second-order valence-electron chi connectivity index (χ2n) is 5.69. The van der Waals surface area contributed by atoms with Gasteiger partial charge in [-0.3, -0.25) is 9.59 Å². The van der Waals surface area contributed by atoms with Crippen LogP contribution in [0.3, 0.4) is 0 Å². The Labute approximate surface area is 152 Å². The van der Waals surface area contributed by atoms with Crippen LogP contribution in [0.4, 0.5) is 14.6 Å². The summed E-state index contributed by atoms with van der Waals surface area (Å²) in [4.78, 5) is 23.9. The molecule has 0 saturated heterocycles. The van der Waals surface area contributed by atoms with Gasteiger partial charge in [-0.2, -0.15) is 5.10 Å². The molecular weight excluding hydrogens is 364 g/mol. The summed E-state index contributed by atoms with van der Waals surface area (Å²) >= 11 is 1.18. The normalized spacial score (nSPS) is 16.6. The van der Waals surface area contributed by atoms with E-state index in [0.29, 0.717) is 17.1 Å². The second-order valence-corrected chi connectivity index (χ2v) is 6.79. The number of halogens is 2. The molecule has 1 aliphatic heterocycles. The standard InChI is InChI=1S/C17H17F2N3O3S/c1-3-25-13(24)7-22-17-14(9(2)21-22)16(26-8-12(23)20-17)10-5-4-6-11(18)15(10)19/h4-6,16H,3,7-8H2,1-2H3,(H,20,23)/t16-/m1/s1. The van der Waals surface area contributed by atoms with Crippen LogP contribution in [0, 0.1) is 18.6 Å². The fourth-order valence-corrected chi connectivity index (χ4v) is 4.06. The zero-order valence-corrected chi connectivity index (χ0v) is 15.0. The number of ether oxygens (including phenoxy) is 1. The first-order chi connectivity index (χ1) is 12.4. The van der Waals surface area contributed by atoms with Crippen molar-refractivity contribution < 1.29 is 23.1 Å². The molecule has 6 nitrogen and oxygen atoms in total. The third-order valence-corrected chi connectivity index (χ3v) is 5.17. The lowest BCUT2D eigenvalue weighted by Gasteiger charge is -2.16. The summed E-state index contributed by atoms with van der Waals surface area (Å²) in [5.41, 5.74) is 1.20. The number of thioether (sulfide) groups is 1. The van der Waals surface area contributed by atoms with Gasteiger partial charge in [-0.05, 0) is 19.9 Å². The van der Waals surface area contributed by atoms with Crippen molar-refractivity contribution >= 4 is 29.5 Å². The van der Waals surface area contributed by atoms with Crippen LogP contribution in [0.15, 0.2) is 18.2 Å². The van der Waals surface area contributed by atoms with E-state index in [2.05, 4.69) is 10.4 Å². The molecular formula is C17H17F2N3O3S. The molecule has 1 N–H and O–H groups in total. The highest BCUT2D eigenvalue weighted by molar-refractivity contribution is 8.00. The van der Waals surface area contributed by atoms with Gasteiger partial charge in [-0.25, -0.2) is 13.5 Å². The Morgan fingerprint density at radius 1 is 1.46 bits per heavy atom. The SMILES string of the molecule is CCOC(=O)Cn1nc(C)c2c1NC(=O)CS[C@@H]2c1cccc(F)c1F. The molecule has 1 aromatic carbocycles. The number of carbonyl (C=O) groups excluding carboxylic acids is 2. The highest BCUT2D eigenvalue weighted by Crippen LogP contribution is 2.44. The van der Waals surface area contributed by atoms with Crippen LogP contribution >= 0.6 is 11.8 Å². The van der Waals surface area contributed by atoms with Gasteiger partial charge in [0.1, 0.15) is 12.4 Å². The minimum Gasteiger partial charge on any atom is -0.465 e. The van der Waals surface area contributed by atoms with Crippen LogP contribution in [0.5, 0.6) is 0 Å². The van der Waals surface area contributed by atoms with E-state index < -0.39 is 22.9 Å². The van der Waals surface area contributed by atoms with Gasteiger partial charge in [0.25, 0.3) is 0 Å². The van der Waals surface area contributed by atoms with Crippen molar-refractivity contribution in [2.24, 2.45) is 0 Å². The number of aryl methyl sites for hydroxylation is 1. The Kier molecular flexibility index (Phi) is 5.26. The molecule has 0 saturated carbocycles. The van der Waals surface area contributed by atoms with Crippen molar-refractivity contribution in [3.8, 4) is 0 Å². The minimum atomic E-state index is -0.956. The van der Waals surface area contributed by atoms with E-state index in [-0.39, 0.29) is 30.4 Å². The molecule has 26 heavy (non-hydrogen) atoms. The summed E-state index contributed by atoms with van der Waals surface area (Å²) in [6.07, 6.45) is 0. The maximum atomic E-state index is 14.4. The fraction of sp³-hybridized carbons (Fsp3) is 0.353. The Bertz CT molecular complexity index is 869. The fourth-order valence-electron chi connectivity index (χ4n) is 2.86. The van der Waals surface area contributed by atoms with Gasteiger partial charge in [-0.1, -0.05) is 12.1 Å². The lowest BCUT2D eigenvalue weighted by Crippen LogP contribution is -2.20. The highest BCUT2D eigenvalue weighted by Gasteiger charge is 2.32. The quantitative estimate of drug-likeness (QED) is 0.825. The maximum Gasteiger partial charge on any atom is 0.327 e. The second kappa shape index (κ2) is 7.45. The van der Waals surface area contributed by atoms with Gasteiger partial charge in [0.15, 0.2) is 11.6 Å². The first-order valence-electron chi connectivity index (χ1n) is 8.00. The predicted molar refractivity (Wildman–Crippen MR) is 92.9 cm³/mol. The number of anilines is 1. The average Bonchev–Trinajstić information content (AvgIpc) is 2.77. The van der Waals surface area contributed by atoms with Gasteiger partial charge in [0.2, 0.25) is 5.91 Å². The number of benzene rings is 1. The van der Waals surface area contributed by atoms with Gasteiger partial charge < -0.3 is 10.1 Å². The predicted octanol–water partition coefficient (Wildman–Crippen LogP) is 2.81. The molecule has 0 spiro atoms. The van der Waals surface area contributed by atoms with E-state index in [1.807, 2.05) is 0 Å². The number of fused-ring (bicyclic) bond motifs is 1. The van der Waals surface area contributed by atoms with Gasteiger partial charge in [-0.15, -0.1) is 11.8 Å². The zero-order valence-electron chi connectivity index (χ0n) is 14.2. The van der Waals surface area contributed by atoms with E-state index in [4.69, 9.17) is 4.74 Å². The van der Waals surface area contributed by atoms with E-state index in [0.717, 1.165) is 6.07 Å². The molecule has 0 bridgehead atoms. The van der Waals surface area contributed by atoms with E-state index >= 15 is 0 Å². The topological polar surface area (TPSA) is 73.2 Å². The molecule has 9 heteroatoms. The monoisotopic (exact) mass is 381 g/mol. The molecule has 2 aromatic rings. The van der Waals surface area contributed by atoms with Crippen molar-refractivity contribution in [1.82, 2.24) is 9.78 Å². The molecule has 1 amide bonds. The third-order valence-electron chi connectivity index (χ3n) is 3.92. The highest BCUT2D eigenvalue weighted by atomic mass is 32.2. The summed E-state index contributed by atoms with van der Waals surface area (Å²) < 4.78 is 34.3. The summed E-state index contributed by atoms with van der Waals surface area (Å²) in [6.45, 7) is 3.42. The molecule has 0 unspecified atom stereocenters. The number of rotatable bonds is 4. The smallest absolute Gasteiger partial charge is 0.327 e. The van der Waals surface area contributed by atoms with Crippen LogP contribution in [0.1, 0.15) is 29.0 Å². The Hall–Kier alpha value is -2.42. The maximum absolute atomic E-state index is 14.4. The molecule has 0 aliphatic carbocycles. The van der Waals surface area contributed by atoms with E-state index in [1.165, 1.54) is 28.6 Å². The molecule has 1 aromatic heterocycles. The lowest BCUT2D eigenvalue weighted by molar-refractivity contribution is -0.144. The van der Waals surface area contributed by atoms with Crippen LogP contribution in [0.25, 0.3) is 0 Å². The lowest BCUT2D eigenvalue weighted by atomic mass is 10.0. The van der Waals surface area contributed by atoms with Gasteiger partial charge >= 0.3 is 5.97 Å². The zero-order chi connectivity index (χ0) is 18.8. The Morgan fingerprint density at radius 3 is 2.96 bits per heavy atom. The van der Waals surface area contributed by atoms with Crippen molar-refractivity contribution in [3.05, 3.63) is 46.7 Å². The van der Waals surface area contributed by atoms with E-state index in [9.17, 15) is 18.4 Å². The van der Waals surface area contributed by atoms with Crippen LogP contribution in [-0.2, 0) is 20.9 Å². The number of hydrogen-bond acceptors (Lipinski definition) is 5. The largest absolute Gasteiger partial charge is 0.465 e. The summed E-state index contributed by atoms with van der Waals surface area (Å²) in [6, 6.07) is 3.95. The number of esters is 1. The van der Waals surface area contributed by atoms with Crippen molar-refractivity contribution in [3.63, 3.8) is 0 Å².